The molecule has 1 heterocycles. The zero-order chi connectivity index (χ0) is 12.0. The maximum Gasteiger partial charge on any atom is 0.242 e. The lowest BCUT2D eigenvalue weighted by Crippen LogP contribution is -2.38. The monoisotopic (exact) mass is 223 g/mol. The van der Waals surface area contributed by atoms with Crippen molar-refractivity contribution in [2.75, 3.05) is 17.6 Å². The second-order valence-electron chi connectivity index (χ2n) is 3.48. The Kier molecular flexibility index (Phi) is 4.50. The maximum absolute atomic E-state index is 11.5. The molecule has 0 aliphatic rings. The highest BCUT2D eigenvalue weighted by molar-refractivity contribution is 5.83. The van der Waals surface area contributed by atoms with Crippen LogP contribution in [0.1, 0.15) is 20.3 Å². The van der Waals surface area contributed by atoms with Crippen molar-refractivity contribution in [3.05, 3.63) is 12.4 Å². The van der Waals surface area contributed by atoms with Gasteiger partial charge >= 0.3 is 0 Å². The summed E-state index contributed by atoms with van der Waals surface area (Å²) in [7, 11) is 0. The van der Waals surface area contributed by atoms with Crippen LogP contribution < -0.4 is 16.4 Å². The van der Waals surface area contributed by atoms with Crippen LogP contribution in [0.5, 0.6) is 0 Å². The van der Waals surface area contributed by atoms with Gasteiger partial charge in [-0.1, -0.05) is 6.92 Å². The number of anilines is 2. The van der Waals surface area contributed by atoms with Gasteiger partial charge in [0.05, 0.1) is 12.4 Å². The Morgan fingerprint density at radius 2 is 2.25 bits per heavy atom. The zero-order valence-corrected chi connectivity index (χ0v) is 9.53. The topological polar surface area (TPSA) is 92.9 Å². The number of nitrogens with one attached hydrogen (secondary N) is 2. The summed E-state index contributed by atoms with van der Waals surface area (Å²) in [5.41, 5.74) is 5.40. The molecule has 0 spiro atoms. The van der Waals surface area contributed by atoms with Crippen molar-refractivity contribution in [2.24, 2.45) is 0 Å². The van der Waals surface area contributed by atoms with Crippen molar-refractivity contribution in [1.82, 2.24) is 15.3 Å². The van der Waals surface area contributed by atoms with E-state index in [1.807, 2.05) is 6.92 Å². The van der Waals surface area contributed by atoms with Crippen molar-refractivity contribution in [1.29, 1.82) is 0 Å². The number of carbonyl (C=O) groups excluding carboxylic acids is 1. The molecule has 6 nitrogen and oxygen atoms in total. The Balaban J connectivity index is 2.47. The zero-order valence-electron chi connectivity index (χ0n) is 9.53. The molecule has 0 radical (unpaired) electrons. The van der Waals surface area contributed by atoms with Crippen LogP contribution in [-0.2, 0) is 4.79 Å². The van der Waals surface area contributed by atoms with Crippen LogP contribution >= 0.6 is 0 Å². The van der Waals surface area contributed by atoms with Crippen molar-refractivity contribution >= 4 is 17.5 Å². The SMILES string of the molecule is CCCNC(=O)C(C)Nc1cnc(N)cn1. The average Bonchev–Trinajstić information content (AvgIpc) is 2.29. The molecule has 0 aliphatic carbocycles. The fourth-order valence-electron chi connectivity index (χ4n) is 1.10. The number of hydrogen-bond donors (Lipinski definition) is 3. The maximum atomic E-state index is 11.5. The van der Waals surface area contributed by atoms with Crippen LogP contribution in [0.2, 0.25) is 0 Å². The first-order valence-corrected chi connectivity index (χ1v) is 5.25. The van der Waals surface area contributed by atoms with Gasteiger partial charge in [0, 0.05) is 6.54 Å². The van der Waals surface area contributed by atoms with Gasteiger partial charge in [-0.15, -0.1) is 0 Å². The Hall–Kier alpha value is -1.85. The minimum Gasteiger partial charge on any atom is -0.382 e. The number of nitrogens with two attached hydrogens (primary N) is 1. The number of carbonyl (C=O) groups is 1. The summed E-state index contributed by atoms with van der Waals surface area (Å²) in [6.07, 6.45) is 3.86. The molecule has 1 amide bonds. The molecule has 88 valence electrons. The number of nitrogens with zero attached hydrogens (tertiary/aromatic N) is 2. The predicted molar refractivity (Wildman–Crippen MR) is 62.8 cm³/mol. The quantitative estimate of drug-likeness (QED) is 0.671. The van der Waals surface area contributed by atoms with E-state index < -0.39 is 0 Å². The van der Waals surface area contributed by atoms with E-state index in [0.717, 1.165) is 6.42 Å². The van der Waals surface area contributed by atoms with E-state index in [0.29, 0.717) is 18.2 Å². The molecule has 0 fully saturated rings. The molecule has 1 aromatic heterocycles. The number of rotatable bonds is 5. The molecular weight excluding hydrogens is 206 g/mol. The van der Waals surface area contributed by atoms with Gasteiger partial charge in [0.25, 0.3) is 0 Å². The third kappa shape index (κ3) is 3.72. The number of aromatic nitrogens is 2. The second kappa shape index (κ2) is 5.89. The average molecular weight is 223 g/mol. The van der Waals surface area contributed by atoms with Gasteiger partial charge in [-0.2, -0.15) is 0 Å². The lowest BCUT2D eigenvalue weighted by molar-refractivity contribution is -0.121. The van der Waals surface area contributed by atoms with E-state index in [9.17, 15) is 4.79 Å². The highest BCUT2D eigenvalue weighted by atomic mass is 16.2. The molecule has 0 saturated carbocycles. The summed E-state index contributed by atoms with van der Waals surface area (Å²) in [4.78, 5) is 19.4. The van der Waals surface area contributed by atoms with Gasteiger partial charge in [-0.25, -0.2) is 9.97 Å². The number of hydrogen-bond acceptors (Lipinski definition) is 5. The molecule has 6 heteroatoms. The summed E-state index contributed by atoms with van der Waals surface area (Å²) in [5.74, 6) is 0.836. The van der Waals surface area contributed by atoms with Crippen LogP contribution in [0.25, 0.3) is 0 Å². The van der Waals surface area contributed by atoms with Crippen LogP contribution in [-0.4, -0.2) is 28.5 Å². The Morgan fingerprint density at radius 3 is 2.81 bits per heavy atom. The molecule has 16 heavy (non-hydrogen) atoms. The van der Waals surface area contributed by atoms with Crippen molar-refractivity contribution in [3.8, 4) is 0 Å². The van der Waals surface area contributed by atoms with Gasteiger partial charge in [0.2, 0.25) is 5.91 Å². The van der Waals surface area contributed by atoms with E-state index >= 15 is 0 Å². The van der Waals surface area contributed by atoms with E-state index in [2.05, 4.69) is 20.6 Å². The van der Waals surface area contributed by atoms with Gasteiger partial charge in [-0.3, -0.25) is 4.79 Å². The third-order valence-electron chi connectivity index (χ3n) is 1.98. The van der Waals surface area contributed by atoms with Gasteiger partial charge in [-0.05, 0) is 13.3 Å². The molecule has 0 saturated heterocycles. The molecule has 1 atom stereocenters. The van der Waals surface area contributed by atoms with E-state index in [1.165, 1.54) is 12.4 Å². The van der Waals surface area contributed by atoms with Gasteiger partial charge in [0.15, 0.2) is 0 Å². The summed E-state index contributed by atoms with van der Waals surface area (Å²) in [6, 6.07) is -0.343. The van der Waals surface area contributed by atoms with Crippen LogP contribution in [0.4, 0.5) is 11.6 Å². The summed E-state index contributed by atoms with van der Waals surface area (Å²) in [5, 5.41) is 5.73. The first-order valence-electron chi connectivity index (χ1n) is 5.25. The van der Waals surface area contributed by atoms with E-state index in [1.54, 1.807) is 6.92 Å². The Bertz CT molecular complexity index is 338. The molecule has 0 bridgehead atoms. The highest BCUT2D eigenvalue weighted by Gasteiger charge is 2.11. The molecule has 1 unspecified atom stereocenters. The van der Waals surface area contributed by atoms with E-state index in [-0.39, 0.29) is 11.9 Å². The standard InChI is InChI=1S/C10H17N5O/c1-3-4-12-10(16)7(2)15-9-6-13-8(11)5-14-9/h5-7H,3-4H2,1-2H3,(H2,11,13)(H,12,16)(H,14,15). The van der Waals surface area contributed by atoms with Crippen molar-refractivity contribution < 1.29 is 4.79 Å². The Labute approximate surface area is 94.7 Å². The van der Waals surface area contributed by atoms with Crippen LogP contribution in [0.3, 0.4) is 0 Å². The second-order valence-corrected chi connectivity index (χ2v) is 3.48. The first kappa shape index (κ1) is 12.2. The van der Waals surface area contributed by atoms with E-state index in [4.69, 9.17) is 5.73 Å². The Morgan fingerprint density at radius 1 is 1.50 bits per heavy atom. The van der Waals surface area contributed by atoms with Crippen molar-refractivity contribution in [2.45, 2.75) is 26.3 Å². The highest BCUT2D eigenvalue weighted by Crippen LogP contribution is 2.03. The van der Waals surface area contributed by atoms with Crippen LogP contribution in [0.15, 0.2) is 12.4 Å². The molecule has 1 rings (SSSR count). The number of amides is 1. The predicted octanol–water partition coefficient (Wildman–Crippen LogP) is 0.385. The first-order chi connectivity index (χ1) is 7.63. The van der Waals surface area contributed by atoms with Crippen LogP contribution in [0, 0.1) is 0 Å². The molecular formula is C10H17N5O. The third-order valence-corrected chi connectivity index (χ3v) is 1.98. The summed E-state index contributed by atoms with van der Waals surface area (Å²) in [6.45, 7) is 4.45. The molecule has 0 aromatic carbocycles. The van der Waals surface area contributed by atoms with Gasteiger partial charge in [0.1, 0.15) is 17.7 Å². The smallest absolute Gasteiger partial charge is 0.242 e. The largest absolute Gasteiger partial charge is 0.382 e. The lowest BCUT2D eigenvalue weighted by atomic mass is 10.3. The summed E-state index contributed by atoms with van der Waals surface area (Å²) >= 11 is 0. The fourth-order valence-corrected chi connectivity index (χ4v) is 1.10. The lowest BCUT2D eigenvalue weighted by Gasteiger charge is -2.13. The molecule has 1 aromatic rings. The molecule has 0 aliphatic heterocycles. The normalized spacial score (nSPS) is 11.9. The van der Waals surface area contributed by atoms with Crippen molar-refractivity contribution in [3.63, 3.8) is 0 Å². The minimum atomic E-state index is -0.343. The minimum absolute atomic E-state index is 0.0551. The molecule has 4 N–H and O–H groups in total. The fraction of sp³-hybridized carbons (Fsp3) is 0.500. The van der Waals surface area contributed by atoms with Gasteiger partial charge < -0.3 is 16.4 Å². The summed E-state index contributed by atoms with van der Waals surface area (Å²) < 4.78 is 0. The number of nitrogen functional groups attached to an aromatic ring is 1.